The molecular weight excluding hydrogens is 827 g/mol. The second-order valence-electron chi connectivity index (χ2n) is 21.0. The second kappa shape index (κ2) is 55.7. The van der Waals surface area contributed by atoms with E-state index in [-0.39, 0.29) is 0 Å². The van der Waals surface area contributed by atoms with Gasteiger partial charge in [0.2, 0.25) is 5.91 Å². The van der Waals surface area contributed by atoms with Gasteiger partial charge in [0.15, 0.2) is 0 Å². The van der Waals surface area contributed by atoms with E-state index in [1.165, 1.54) is 263 Å². The quantitative estimate of drug-likeness (QED) is 0.0308. The van der Waals surface area contributed by atoms with Gasteiger partial charge >= 0.3 is 0 Å². The number of hydrogen-bond acceptors (Lipinski definition) is 5. The number of hydrogen-bond donors (Lipinski definition) is 5. The van der Waals surface area contributed by atoms with Crippen molar-refractivity contribution in [1.29, 1.82) is 0 Å². The van der Waals surface area contributed by atoms with E-state index in [0.717, 1.165) is 38.5 Å². The molecule has 0 spiro atoms. The molecule has 0 aliphatic carbocycles. The van der Waals surface area contributed by atoms with Crippen LogP contribution in [0.2, 0.25) is 0 Å². The van der Waals surface area contributed by atoms with E-state index < -0.39 is 36.9 Å². The highest BCUT2D eigenvalue weighted by Crippen LogP contribution is 2.18. The third-order valence-electron chi connectivity index (χ3n) is 14.4. The van der Waals surface area contributed by atoms with Crippen LogP contribution in [-0.4, -0.2) is 57.3 Å². The summed E-state index contributed by atoms with van der Waals surface area (Å²) in [5.41, 5.74) is 0. The number of unbranched alkanes of at least 4 members (excludes halogenated alkanes) is 43. The van der Waals surface area contributed by atoms with Crippen molar-refractivity contribution in [2.24, 2.45) is 0 Å². The van der Waals surface area contributed by atoms with Gasteiger partial charge in [-0.1, -0.05) is 289 Å². The van der Waals surface area contributed by atoms with Crippen LogP contribution in [0, 0.1) is 0 Å². The zero-order valence-corrected chi connectivity index (χ0v) is 45.2. The molecule has 0 aliphatic rings. The molecule has 4 atom stereocenters. The van der Waals surface area contributed by atoms with E-state index in [1.807, 2.05) is 0 Å². The molecular formula is C61H119NO5. The molecule has 0 aliphatic heterocycles. The molecule has 398 valence electrons. The number of carbonyl (C=O) groups is 1. The van der Waals surface area contributed by atoms with Gasteiger partial charge in [-0.15, -0.1) is 0 Å². The summed E-state index contributed by atoms with van der Waals surface area (Å²) in [5, 5.41) is 43.8. The third kappa shape index (κ3) is 49.6. The van der Waals surface area contributed by atoms with Crippen LogP contribution < -0.4 is 5.32 Å². The number of carbonyl (C=O) groups excluding carboxylic acids is 1. The fraction of sp³-hybridized carbons (Fsp3) is 0.918. The average molecular weight is 947 g/mol. The molecule has 0 heterocycles. The maximum atomic E-state index is 12.6. The number of rotatable bonds is 56. The first-order valence-corrected chi connectivity index (χ1v) is 30.2. The largest absolute Gasteiger partial charge is 0.394 e. The fourth-order valence-electron chi connectivity index (χ4n) is 9.64. The first-order valence-electron chi connectivity index (χ1n) is 30.2. The Morgan fingerprint density at radius 3 is 0.896 bits per heavy atom. The van der Waals surface area contributed by atoms with E-state index in [9.17, 15) is 25.2 Å². The first kappa shape index (κ1) is 65.8. The van der Waals surface area contributed by atoms with Gasteiger partial charge in [-0.2, -0.15) is 0 Å². The molecule has 0 saturated carbocycles. The van der Waals surface area contributed by atoms with Crippen LogP contribution >= 0.6 is 0 Å². The van der Waals surface area contributed by atoms with E-state index in [4.69, 9.17) is 0 Å². The summed E-state index contributed by atoms with van der Waals surface area (Å²) in [4.78, 5) is 12.6. The van der Waals surface area contributed by atoms with Crippen molar-refractivity contribution in [3.63, 3.8) is 0 Å². The van der Waals surface area contributed by atoms with Gasteiger partial charge in [0.1, 0.15) is 12.2 Å². The van der Waals surface area contributed by atoms with Crippen molar-refractivity contribution in [3.8, 4) is 0 Å². The Bertz CT molecular complexity index is 1020. The van der Waals surface area contributed by atoms with E-state index >= 15 is 0 Å². The van der Waals surface area contributed by atoms with Crippen molar-refractivity contribution in [3.05, 3.63) is 24.3 Å². The standard InChI is InChI=1S/C61H119NO5/c1-3-5-7-9-11-13-15-17-18-19-20-21-22-23-24-25-26-27-28-29-30-31-32-33-34-35-36-37-38-39-40-41-43-45-47-49-51-53-55-59(65)61(67)62-57(56-63)60(66)58(64)54-52-50-48-46-44-42-16-14-12-10-8-6-4-2/h29-30,46,48,57-60,63-66H,3-28,31-45,47,49-56H2,1-2H3,(H,62,67)/b30-29-,48-46+. The molecule has 0 rings (SSSR count). The van der Waals surface area contributed by atoms with Crippen LogP contribution in [-0.2, 0) is 4.79 Å². The van der Waals surface area contributed by atoms with Crippen LogP contribution in [0.1, 0.15) is 328 Å². The molecule has 0 saturated heterocycles. The van der Waals surface area contributed by atoms with E-state index in [2.05, 4.69) is 43.5 Å². The molecule has 6 heteroatoms. The van der Waals surface area contributed by atoms with Crippen LogP contribution in [0.15, 0.2) is 24.3 Å². The topological polar surface area (TPSA) is 110 Å². The number of aliphatic hydroxyl groups excluding tert-OH is 4. The van der Waals surface area contributed by atoms with Crippen LogP contribution in [0.5, 0.6) is 0 Å². The highest BCUT2D eigenvalue weighted by atomic mass is 16.3. The van der Waals surface area contributed by atoms with Gasteiger partial charge < -0.3 is 25.7 Å². The van der Waals surface area contributed by atoms with Gasteiger partial charge in [0.25, 0.3) is 0 Å². The molecule has 0 aromatic heterocycles. The molecule has 0 bridgehead atoms. The summed E-state index contributed by atoms with van der Waals surface area (Å²) in [5.74, 6) is -0.589. The van der Waals surface area contributed by atoms with Gasteiger partial charge in [0.05, 0.1) is 18.8 Å². The molecule has 0 aromatic rings. The molecule has 0 radical (unpaired) electrons. The summed E-state index contributed by atoms with van der Waals surface area (Å²) in [6, 6.07) is -1.000. The van der Waals surface area contributed by atoms with Gasteiger partial charge in [-0.3, -0.25) is 4.79 Å². The number of aliphatic hydroxyl groups is 4. The predicted octanol–water partition coefficient (Wildman–Crippen LogP) is 17.8. The number of amides is 1. The minimum atomic E-state index is -1.28. The van der Waals surface area contributed by atoms with Gasteiger partial charge in [-0.25, -0.2) is 0 Å². The molecule has 4 unspecified atom stereocenters. The lowest BCUT2D eigenvalue weighted by molar-refractivity contribution is -0.132. The molecule has 5 N–H and O–H groups in total. The number of nitrogens with one attached hydrogen (secondary N) is 1. The Kier molecular flexibility index (Phi) is 54.7. The summed E-state index contributed by atoms with van der Waals surface area (Å²) in [7, 11) is 0. The Hall–Kier alpha value is -1.21. The minimum Gasteiger partial charge on any atom is -0.394 e. The lowest BCUT2D eigenvalue weighted by Gasteiger charge is -2.27. The summed E-state index contributed by atoms with van der Waals surface area (Å²) in [6.45, 7) is 4.06. The Balaban J connectivity index is 3.50. The number of allylic oxidation sites excluding steroid dienone is 4. The summed E-state index contributed by atoms with van der Waals surface area (Å²) >= 11 is 0. The maximum absolute atomic E-state index is 12.6. The maximum Gasteiger partial charge on any atom is 0.249 e. The average Bonchev–Trinajstić information content (AvgIpc) is 3.33. The lowest BCUT2D eigenvalue weighted by Crippen LogP contribution is -2.53. The minimum absolute atomic E-state index is 0.366. The van der Waals surface area contributed by atoms with Gasteiger partial charge in [0, 0.05) is 0 Å². The van der Waals surface area contributed by atoms with Crippen molar-refractivity contribution >= 4 is 5.91 Å². The predicted molar refractivity (Wildman–Crippen MR) is 293 cm³/mol. The van der Waals surface area contributed by atoms with Crippen molar-refractivity contribution in [2.75, 3.05) is 6.61 Å². The smallest absolute Gasteiger partial charge is 0.249 e. The second-order valence-corrected chi connectivity index (χ2v) is 21.0. The molecule has 67 heavy (non-hydrogen) atoms. The summed E-state index contributed by atoms with van der Waals surface area (Å²) < 4.78 is 0. The first-order chi connectivity index (χ1) is 33.0. The molecule has 1 amide bonds. The van der Waals surface area contributed by atoms with Crippen LogP contribution in [0.25, 0.3) is 0 Å². The third-order valence-corrected chi connectivity index (χ3v) is 14.4. The Labute approximate surface area is 418 Å². The Morgan fingerprint density at radius 2 is 0.612 bits per heavy atom. The van der Waals surface area contributed by atoms with Crippen molar-refractivity contribution in [1.82, 2.24) is 5.32 Å². The van der Waals surface area contributed by atoms with Crippen LogP contribution in [0.3, 0.4) is 0 Å². The highest BCUT2D eigenvalue weighted by Gasteiger charge is 2.28. The van der Waals surface area contributed by atoms with E-state index in [1.54, 1.807) is 0 Å². The fourth-order valence-corrected chi connectivity index (χ4v) is 9.64. The summed E-state index contributed by atoms with van der Waals surface area (Å²) in [6.07, 6.45) is 68.6. The van der Waals surface area contributed by atoms with Crippen LogP contribution in [0.4, 0.5) is 0 Å². The molecule has 0 fully saturated rings. The molecule has 0 aromatic carbocycles. The van der Waals surface area contributed by atoms with Crippen molar-refractivity contribution < 1.29 is 25.2 Å². The Morgan fingerprint density at radius 1 is 0.358 bits per heavy atom. The molecule has 6 nitrogen and oxygen atoms in total. The lowest BCUT2D eigenvalue weighted by atomic mass is 10.00. The normalized spacial score (nSPS) is 13.8. The SMILES string of the molecule is CCCCCCCCCC/C=C/CCCC(O)C(O)C(CO)NC(=O)C(O)CCCCCCCCCCCCCCCCCC/C=C\CCCCCCCCCCCCCCCCCCCC. The van der Waals surface area contributed by atoms with Gasteiger partial charge in [-0.05, 0) is 64.2 Å². The zero-order chi connectivity index (χ0) is 48.8. The monoisotopic (exact) mass is 946 g/mol. The van der Waals surface area contributed by atoms with Crippen molar-refractivity contribution in [2.45, 2.75) is 353 Å². The zero-order valence-electron chi connectivity index (χ0n) is 45.2. The van der Waals surface area contributed by atoms with E-state index in [0.29, 0.717) is 12.8 Å². The highest BCUT2D eigenvalue weighted by molar-refractivity contribution is 5.80.